The lowest BCUT2D eigenvalue weighted by atomic mass is 9.89. The molecule has 0 atom stereocenters. The standard InChI is InChI=1S/C15H17NO2/c1-10-8-9-13(12(3)11(10)2)14-6-4-5-7-15(14)16(17)18/h4-5,8-9H,6-7H2,1-3H3. The van der Waals surface area contributed by atoms with E-state index in [-0.39, 0.29) is 4.92 Å². The van der Waals surface area contributed by atoms with E-state index in [0.29, 0.717) is 18.5 Å². The second kappa shape index (κ2) is 4.77. The van der Waals surface area contributed by atoms with E-state index in [2.05, 4.69) is 13.8 Å². The molecule has 1 aliphatic rings. The van der Waals surface area contributed by atoms with Crippen molar-refractivity contribution < 1.29 is 4.92 Å². The Morgan fingerprint density at radius 3 is 2.39 bits per heavy atom. The Bertz CT molecular complexity index is 568. The maximum Gasteiger partial charge on any atom is 0.254 e. The van der Waals surface area contributed by atoms with Crippen LogP contribution >= 0.6 is 0 Å². The average molecular weight is 243 g/mol. The van der Waals surface area contributed by atoms with Crippen LogP contribution in [0.2, 0.25) is 0 Å². The number of allylic oxidation sites excluding steroid dienone is 3. The highest BCUT2D eigenvalue weighted by molar-refractivity contribution is 5.73. The van der Waals surface area contributed by atoms with Crippen LogP contribution < -0.4 is 0 Å². The van der Waals surface area contributed by atoms with E-state index < -0.39 is 0 Å². The zero-order chi connectivity index (χ0) is 13.3. The third-order valence-corrected chi connectivity index (χ3v) is 3.75. The van der Waals surface area contributed by atoms with Crippen LogP contribution in [0.25, 0.3) is 5.57 Å². The first-order valence-corrected chi connectivity index (χ1v) is 6.11. The molecule has 2 rings (SSSR count). The number of nitrogens with zero attached hydrogens (tertiary/aromatic N) is 1. The molecule has 0 saturated carbocycles. The van der Waals surface area contributed by atoms with Gasteiger partial charge in [-0.1, -0.05) is 24.3 Å². The Labute approximate surface area is 107 Å². The van der Waals surface area contributed by atoms with Crippen molar-refractivity contribution in [3.63, 3.8) is 0 Å². The minimum absolute atomic E-state index is 0.243. The molecule has 0 heterocycles. The van der Waals surface area contributed by atoms with Gasteiger partial charge in [0.1, 0.15) is 0 Å². The normalized spacial score (nSPS) is 15.1. The summed E-state index contributed by atoms with van der Waals surface area (Å²) in [5, 5.41) is 11.1. The van der Waals surface area contributed by atoms with Gasteiger partial charge in [-0.3, -0.25) is 10.1 Å². The fourth-order valence-electron chi connectivity index (χ4n) is 2.37. The first-order chi connectivity index (χ1) is 8.52. The predicted molar refractivity (Wildman–Crippen MR) is 72.9 cm³/mol. The molecule has 0 bridgehead atoms. The van der Waals surface area contributed by atoms with Crippen molar-refractivity contribution >= 4 is 5.57 Å². The summed E-state index contributed by atoms with van der Waals surface area (Å²) in [4.78, 5) is 10.9. The van der Waals surface area contributed by atoms with Gasteiger partial charge in [-0.15, -0.1) is 0 Å². The van der Waals surface area contributed by atoms with Crippen molar-refractivity contribution in [3.8, 4) is 0 Å². The molecule has 0 aromatic heterocycles. The number of aryl methyl sites for hydroxylation is 1. The van der Waals surface area contributed by atoms with Crippen LogP contribution in [0.5, 0.6) is 0 Å². The molecule has 3 nitrogen and oxygen atoms in total. The molecule has 1 aliphatic carbocycles. The molecule has 1 aromatic carbocycles. The number of rotatable bonds is 2. The fraction of sp³-hybridized carbons (Fsp3) is 0.333. The Balaban J connectivity index is 2.60. The lowest BCUT2D eigenvalue weighted by Crippen LogP contribution is -2.06. The lowest BCUT2D eigenvalue weighted by molar-refractivity contribution is -0.425. The van der Waals surface area contributed by atoms with Gasteiger partial charge in [-0.2, -0.15) is 0 Å². The molecule has 0 spiro atoms. The van der Waals surface area contributed by atoms with Crippen molar-refractivity contribution in [1.82, 2.24) is 0 Å². The number of hydrogen-bond acceptors (Lipinski definition) is 2. The molecule has 0 saturated heterocycles. The van der Waals surface area contributed by atoms with Gasteiger partial charge >= 0.3 is 0 Å². The summed E-state index contributed by atoms with van der Waals surface area (Å²) in [5.74, 6) is 0. The highest BCUT2D eigenvalue weighted by atomic mass is 16.6. The van der Waals surface area contributed by atoms with Gasteiger partial charge in [0.15, 0.2) is 0 Å². The van der Waals surface area contributed by atoms with Gasteiger partial charge in [0.2, 0.25) is 0 Å². The Morgan fingerprint density at radius 1 is 1.06 bits per heavy atom. The topological polar surface area (TPSA) is 43.1 Å². The van der Waals surface area contributed by atoms with E-state index in [1.54, 1.807) is 0 Å². The summed E-state index contributed by atoms with van der Waals surface area (Å²) in [5.41, 5.74) is 5.82. The Hall–Kier alpha value is -1.90. The van der Waals surface area contributed by atoms with Crippen molar-refractivity contribution in [2.75, 3.05) is 0 Å². The van der Waals surface area contributed by atoms with E-state index in [1.165, 1.54) is 11.1 Å². The van der Waals surface area contributed by atoms with Crippen LogP contribution in [-0.4, -0.2) is 4.92 Å². The third kappa shape index (κ3) is 2.08. The van der Waals surface area contributed by atoms with Gasteiger partial charge in [0.05, 0.1) is 11.3 Å². The summed E-state index contributed by atoms with van der Waals surface area (Å²) in [6, 6.07) is 4.05. The zero-order valence-corrected chi connectivity index (χ0v) is 11.0. The van der Waals surface area contributed by atoms with Crippen molar-refractivity contribution in [1.29, 1.82) is 0 Å². The summed E-state index contributed by atoms with van der Waals surface area (Å²) < 4.78 is 0. The lowest BCUT2D eigenvalue weighted by Gasteiger charge is -2.15. The summed E-state index contributed by atoms with van der Waals surface area (Å²) >= 11 is 0. The van der Waals surface area contributed by atoms with E-state index in [9.17, 15) is 10.1 Å². The molecule has 94 valence electrons. The molecule has 18 heavy (non-hydrogen) atoms. The van der Waals surface area contributed by atoms with Crippen molar-refractivity contribution in [2.45, 2.75) is 33.6 Å². The minimum Gasteiger partial charge on any atom is -0.259 e. The highest BCUT2D eigenvalue weighted by Gasteiger charge is 2.22. The number of benzene rings is 1. The summed E-state index contributed by atoms with van der Waals surface area (Å²) in [7, 11) is 0. The first kappa shape index (κ1) is 12.6. The molecule has 0 N–H and O–H groups in total. The number of nitro groups is 1. The molecular weight excluding hydrogens is 226 g/mol. The maximum absolute atomic E-state index is 11.1. The summed E-state index contributed by atoms with van der Waals surface area (Å²) in [6.07, 6.45) is 4.96. The van der Waals surface area contributed by atoms with Crippen molar-refractivity contribution in [2.24, 2.45) is 0 Å². The quantitative estimate of drug-likeness (QED) is 0.448. The molecule has 0 amide bonds. The van der Waals surface area contributed by atoms with E-state index >= 15 is 0 Å². The van der Waals surface area contributed by atoms with E-state index in [1.807, 2.05) is 31.2 Å². The maximum atomic E-state index is 11.1. The van der Waals surface area contributed by atoms with Crippen LogP contribution in [-0.2, 0) is 0 Å². The Kier molecular flexibility index (Phi) is 3.32. The second-order valence-corrected chi connectivity index (χ2v) is 4.74. The third-order valence-electron chi connectivity index (χ3n) is 3.75. The van der Waals surface area contributed by atoms with Gasteiger partial charge < -0.3 is 0 Å². The van der Waals surface area contributed by atoms with Gasteiger partial charge in [-0.05, 0) is 49.4 Å². The molecule has 0 fully saturated rings. The van der Waals surface area contributed by atoms with E-state index in [0.717, 1.165) is 16.7 Å². The minimum atomic E-state index is -0.243. The predicted octanol–water partition coefficient (Wildman–Crippen LogP) is 3.95. The van der Waals surface area contributed by atoms with Crippen LogP contribution in [0.15, 0.2) is 30.0 Å². The number of hydrogen-bond donors (Lipinski definition) is 0. The zero-order valence-electron chi connectivity index (χ0n) is 11.0. The fourth-order valence-corrected chi connectivity index (χ4v) is 2.37. The molecule has 1 aromatic rings. The smallest absolute Gasteiger partial charge is 0.254 e. The van der Waals surface area contributed by atoms with Crippen LogP contribution in [0.4, 0.5) is 0 Å². The van der Waals surface area contributed by atoms with Crippen LogP contribution in [0.3, 0.4) is 0 Å². The van der Waals surface area contributed by atoms with Gasteiger partial charge in [0.25, 0.3) is 5.70 Å². The van der Waals surface area contributed by atoms with Crippen LogP contribution in [0.1, 0.15) is 35.1 Å². The Morgan fingerprint density at radius 2 is 1.72 bits per heavy atom. The molecule has 0 radical (unpaired) electrons. The van der Waals surface area contributed by atoms with Crippen molar-refractivity contribution in [3.05, 3.63) is 62.3 Å². The van der Waals surface area contributed by atoms with Crippen LogP contribution in [0, 0.1) is 30.9 Å². The molecule has 3 heteroatoms. The summed E-state index contributed by atoms with van der Waals surface area (Å²) in [6.45, 7) is 6.18. The monoisotopic (exact) mass is 243 g/mol. The first-order valence-electron chi connectivity index (χ1n) is 6.11. The molecular formula is C15H17NO2. The molecule has 0 unspecified atom stereocenters. The SMILES string of the molecule is Cc1ccc(C2=C([N+](=O)[O-])CC=CC2)c(C)c1C. The van der Waals surface area contributed by atoms with Gasteiger partial charge in [-0.25, -0.2) is 0 Å². The average Bonchev–Trinajstić information content (AvgIpc) is 2.36. The highest BCUT2D eigenvalue weighted by Crippen LogP contribution is 2.32. The second-order valence-electron chi connectivity index (χ2n) is 4.74. The van der Waals surface area contributed by atoms with E-state index in [4.69, 9.17) is 0 Å². The van der Waals surface area contributed by atoms with Gasteiger partial charge in [0, 0.05) is 5.57 Å². The largest absolute Gasteiger partial charge is 0.259 e. The molecule has 0 aliphatic heterocycles.